The van der Waals surface area contributed by atoms with Crippen LogP contribution >= 0.6 is 7.82 Å². The van der Waals surface area contributed by atoms with E-state index in [1.807, 2.05) is 0 Å². The Morgan fingerprint density at radius 1 is 0.448 bits per heavy atom. The van der Waals surface area contributed by atoms with E-state index in [-0.39, 0.29) is 19.4 Å². The molecule has 0 aliphatic heterocycles. The molecule has 0 aromatic carbocycles. The molecule has 9 heteroatoms. The van der Waals surface area contributed by atoms with E-state index in [0.29, 0.717) is 12.8 Å². The van der Waals surface area contributed by atoms with Crippen molar-refractivity contribution in [1.82, 2.24) is 0 Å². The van der Waals surface area contributed by atoms with Crippen molar-refractivity contribution in [1.29, 1.82) is 0 Å². The maximum atomic E-state index is 12.4. The summed E-state index contributed by atoms with van der Waals surface area (Å²) in [7, 11) is -4.78. The third kappa shape index (κ3) is 46.4. The van der Waals surface area contributed by atoms with Crippen LogP contribution in [0.3, 0.4) is 0 Å². The van der Waals surface area contributed by atoms with Crippen molar-refractivity contribution in [2.75, 3.05) is 13.2 Å². The third-order valence-corrected chi connectivity index (χ3v) is 10.5. The van der Waals surface area contributed by atoms with Crippen LogP contribution in [0.1, 0.15) is 219 Å². The summed E-state index contributed by atoms with van der Waals surface area (Å²) >= 11 is 0. The van der Waals surface area contributed by atoms with E-state index in [1.54, 1.807) is 0 Å². The molecule has 8 nitrogen and oxygen atoms in total. The normalized spacial score (nSPS) is 13.0. The van der Waals surface area contributed by atoms with Crippen molar-refractivity contribution in [2.45, 2.75) is 225 Å². The van der Waals surface area contributed by atoms with Gasteiger partial charge in [-0.05, 0) is 83.5 Å². The van der Waals surface area contributed by atoms with Gasteiger partial charge in [-0.2, -0.15) is 0 Å². The van der Waals surface area contributed by atoms with Crippen molar-refractivity contribution in [3.63, 3.8) is 0 Å². The highest BCUT2D eigenvalue weighted by atomic mass is 31.2. The molecule has 0 bridgehead atoms. The molecule has 0 rings (SSSR count). The van der Waals surface area contributed by atoms with E-state index in [1.165, 1.54) is 116 Å². The summed E-state index contributed by atoms with van der Waals surface area (Å²) in [5, 5.41) is 0. The molecule has 0 radical (unpaired) electrons. The molecule has 0 heterocycles. The average Bonchev–Trinajstić information content (AvgIpc) is 3.20. The van der Waals surface area contributed by atoms with Crippen LogP contribution in [0.15, 0.2) is 60.8 Å². The molecular formula is C49H87O8P. The smallest absolute Gasteiger partial charge is 0.462 e. The molecule has 1 atom stereocenters. The summed E-state index contributed by atoms with van der Waals surface area (Å²) in [6, 6.07) is 0. The molecule has 0 aliphatic rings. The van der Waals surface area contributed by atoms with Gasteiger partial charge in [-0.15, -0.1) is 0 Å². The first-order valence-corrected chi connectivity index (χ1v) is 25.1. The average molecular weight is 835 g/mol. The Labute approximate surface area is 356 Å². The van der Waals surface area contributed by atoms with E-state index in [4.69, 9.17) is 19.3 Å². The van der Waals surface area contributed by atoms with Gasteiger partial charge in [0.25, 0.3) is 0 Å². The summed E-state index contributed by atoms with van der Waals surface area (Å²) < 4.78 is 26.4. The lowest BCUT2D eigenvalue weighted by Crippen LogP contribution is -2.29. The quantitative estimate of drug-likeness (QED) is 0.0270. The minimum absolute atomic E-state index is 0.145. The predicted molar refractivity (Wildman–Crippen MR) is 244 cm³/mol. The van der Waals surface area contributed by atoms with Gasteiger partial charge < -0.3 is 19.3 Å². The second kappa shape index (κ2) is 44.3. The number of allylic oxidation sites excluding steroid dienone is 10. The second-order valence-electron chi connectivity index (χ2n) is 15.7. The number of carbonyl (C=O) groups is 2. The van der Waals surface area contributed by atoms with Gasteiger partial charge in [0, 0.05) is 12.8 Å². The van der Waals surface area contributed by atoms with Crippen molar-refractivity contribution in [3.05, 3.63) is 60.8 Å². The number of unbranched alkanes of at least 4 members (excludes halogenated alkanes) is 23. The van der Waals surface area contributed by atoms with Crippen molar-refractivity contribution in [2.24, 2.45) is 0 Å². The van der Waals surface area contributed by atoms with Crippen molar-refractivity contribution < 1.29 is 37.9 Å². The number of phosphoric ester groups is 1. The molecule has 0 aliphatic carbocycles. The van der Waals surface area contributed by atoms with E-state index in [9.17, 15) is 14.2 Å². The summed E-state index contributed by atoms with van der Waals surface area (Å²) in [5.74, 6) is -0.958. The molecule has 58 heavy (non-hydrogen) atoms. The number of rotatable bonds is 43. The van der Waals surface area contributed by atoms with Gasteiger partial charge in [0.15, 0.2) is 6.10 Å². The highest BCUT2D eigenvalue weighted by molar-refractivity contribution is 7.46. The van der Waals surface area contributed by atoms with Crippen LogP contribution in [0.5, 0.6) is 0 Å². The zero-order chi connectivity index (χ0) is 42.5. The SMILES string of the molecule is CCCCC/C=C/C/C=C/C/C=C/CCCCCCC(=O)OC[C@H](COP(=O)(O)O)OC(=O)CCC/C=C/CC/C=C/CCCCCCCCCCCCCCCC. The van der Waals surface area contributed by atoms with Crippen LogP contribution in [-0.4, -0.2) is 41.0 Å². The third-order valence-electron chi connectivity index (χ3n) is 9.99. The summed E-state index contributed by atoms with van der Waals surface area (Å²) in [4.78, 5) is 42.9. The lowest BCUT2D eigenvalue weighted by molar-refractivity contribution is -0.161. The molecule has 0 spiro atoms. The van der Waals surface area contributed by atoms with Gasteiger partial charge in [0.1, 0.15) is 6.61 Å². The van der Waals surface area contributed by atoms with E-state index < -0.39 is 32.5 Å². The lowest BCUT2D eigenvalue weighted by Gasteiger charge is -2.18. The van der Waals surface area contributed by atoms with Crippen LogP contribution in [0.25, 0.3) is 0 Å². The molecular weight excluding hydrogens is 748 g/mol. The Hall–Kier alpha value is -2.25. The molecule has 336 valence electrons. The first-order chi connectivity index (χ1) is 28.3. The first-order valence-electron chi connectivity index (χ1n) is 23.6. The molecule has 0 fully saturated rings. The van der Waals surface area contributed by atoms with Gasteiger partial charge in [0.2, 0.25) is 0 Å². The topological polar surface area (TPSA) is 119 Å². The van der Waals surface area contributed by atoms with Gasteiger partial charge >= 0.3 is 19.8 Å². The minimum Gasteiger partial charge on any atom is -0.462 e. The molecule has 0 amide bonds. The molecule has 2 N–H and O–H groups in total. The van der Waals surface area contributed by atoms with Crippen molar-refractivity contribution in [3.8, 4) is 0 Å². The fraction of sp³-hybridized carbons (Fsp3) is 0.755. The summed E-state index contributed by atoms with van der Waals surface area (Å²) in [5.41, 5.74) is 0. The zero-order valence-electron chi connectivity index (χ0n) is 37.2. The number of phosphoric acid groups is 1. The molecule has 0 unspecified atom stereocenters. The Balaban J connectivity index is 3.95. The molecule has 0 saturated carbocycles. The number of hydrogen-bond donors (Lipinski definition) is 2. The van der Waals surface area contributed by atoms with Crippen LogP contribution in [0, 0.1) is 0 Å². The predicted octanol–water partition coefficient (Wildman–Crippen LogP) is 14.9. The maximum Gasteiger partial charge on any atom is 0.469 e. The fourth-order valence-corrected chi connectivity index (χ4v) is 6.82. The summed E-state index contributed by atoms with van der Waals surface area (Å²) in [6.45, 7) is 3.63. The Bertz CT molecular complexity index is 1120. The maximum absolute atomic E-state index is 12.4. The standard InChI is InChI=1S/C49H87O8P/c1-3-5-7-9-11-13-15-17-19-21-22-23-24-25-26-28-30-32-34-36-38-40-42-44-49(51)57-47(46-56-58(52,53)54)45-55-48(50)43-41-39-37-35-33-31-29-27-20-18-16-14-12-10-8-6-4-2/h12,14,18,20,28-31,36,38,47H,3-11,13,15-17,19,21-27,32-35,37,39-46H2,1-2H3,(H2,52,53,54)/b14-12+,20-18+,30-28+,31-29+,38-36+/t47-/m1/s1. The summed E-state index contributed by atoms with van der Waals surface area (Å²) in [6.07, 6.45) is 56.7. The largest absolute Gasteiger partial charge is 0.469 e. The Kier molecular flexibility index (Phi) is 42.6. The van der Waals surface area contributed by atoms with Gasteiger partial charge in [-0.3, -0.25) is 14.1 Å². The molecule has 0 aromatic heterocycles. The highest BCUT2D eigenvalue weighted by Crippen LogP contribution is 2.36. The van der Waals surface area contributed by atoms with Gasteiger partial charge in [-0.25, -0.2) is 4.57 Å². The van der Waals surface area contributed by atoms with Crippen LogP contribution in [0.2, 0.25) is 0 Å². The van der Waals surface area contributed by atoms with E-state index >= 15 is 0 Å². The zero-order valence-corrected chi connectivity index (χ0v) is 38.1. The molecule has 0 saturated heterocycles. The second-order valence-corrected chi connectivity index (χ2v) is 17.0. The van der Waals surface area contributed by atoms with Gasteiger partial charge in [0.05, 0.1) is 6.61 Å². The number of ether oxygens (including phenoxy) is 2. The van der Waals surface area contributed by atoms with Crippen molar-refractivity contribution >= 4 is 19.8 Å². The van der Waals surface area contributed by atoms with Crippen LogP contribution in [0.4, 0.5) is 0 Å². The van der Waals surface area contributed by atoms with Crippen LogP contribution in [-0.2, 0) is 28.2 Å². The number of hydrogen-bond acceptors (Lipinski definition) is 6. The molecule has 0 aromatic rings. The van der Waals surface area contributed by atoms with Gasteiger partial charge in [-0.1, -0.05) is 184 Å². The monoisotopic (exact) mass is 835 g/mol. The highest BCUT2D eigenvalue weighted by Gasteiger charge is 2.22. The van der Waals surface area contributed by atoms with E-state index in [2.05, 4.69) is 79.1 Å². The lowest BCUT2D eigenvalue weighted by atomic mass is 10.0. The van der Waals surface area contributed by atoms with Crippen LogP contribution < -0.4 is 0 Å². The fourth-order valence-electron chi connectivity index (χ4n) is 6.46. The minimum atomic E-state index is -4.78. The first kappa shape index (κ1) is 55.8. The Morgan fingerprint density at radius 2 is 0.810 bits per heavy atom. The van der Waals surface area contributed by atoms with E-state index in [0.717, 1.165) is 64.2 Å². The Morgan fingerprint density at radius 3 is 1.31 bits per heavy atom. The number of esters is 2. The number of carbonyl (C=O) groups excluding carboxylic acids is 2.